The second kappa shape index (κ2) is 7.64. The molecule has 0 aromatic heterocycles. The second-order valence-corrected chi connectivity index (χ2v) is 6.80. The van der Waals surface area contributed by atoms with Gasteiger partial charge in [0.25, 0.3) is 0 Å². The van der Waals surface area contributed by atoms with Gasteiger partial charge < -0.3 is 0 Å². The van der Waals surface area contributed by atoms with Crippen LogP contribution in [-0.4, -0.2) is 33.4 Å². The normalized spacial score (nSPS) is 9.84. The van der Waals surface area contributed by atoms with Gasteiger partial charge in [-0.1, -0.05) is 6.92 Å². The van der Waals surface area contributed by atoms with Crippen molar-refractivity contribution < 1.29 is 21.8 Å². The van der Waals surface area contributed by atoms with Gasteiger partial charge in [-0.25, -0.2) is 0 Å². The molecule has 0 atom stereocenters. The SMILES string of the molecule is CC(=O)Nc1cc([As](=O)(O)O)ccc1O.CCC#N. The van der Waals surface area contributed by atoms with E-state index in [2.05, 4.69) is 5.32 Å². The van der Waals surface area contributed by atoms with Gasteiger partial charge in [0.05, 0.1) is 6.07 Å². The number of hydrogen-bond donors (Lipinski definition) is 4. The van der Waals surface area contributed by atoms with E-state index in [1.165, 1.54) is 6.92 Å². The zero-order valence-corrected chi connectivity index (χ0v) is 12.4. The Labute approximate surface area is 113 Å². The predicted molar refractivity (Wildman–Crippen MR) is 68.8 cm³/mol. The van der Waals surface area contributed by atoms with Gasteiger partial charge in [-0.15, -0.1) is 0 Å². The van der Waals surface area contributed by atoms with E-state index < -0.39 is 20.1 Å². The smallest absolute Gasteiger partial charge is 0.0618 e. The molecule has 1 aromatic rings. The first-order valence-corrected chi connectivity index (χ1v) is 8.64. The molecule has 0 aliphatic heterocycles. The van der Waals surface area contributed by atoms with Gasteiger partial charge in [-0.05, 0) is 0 Å². The Morgan fingerprint density at radius 3 is 2.37 bits per heavy atom. The number of amides is 1. The third-order valence-electron chi connectivity index (χ3n) is 1.79. The van der Waals surface area contributed by atoms with E-state index in [0.29, 0.717) is 6.42 Å². The van der Waals surface area contributed by atoms with Crippen LogP contribution >= 0.6 is 0 Å². The zero-order chi connectivity index (χ0) is 15.1. The monoisotopic (exact) mass is 330 g/mol. The Hall–Kier alpha value is -1.74. The summed E-state index contributed by atoms with van der Waals surface area (Å²) in [6.07, 6.45) is 0.625. The van der Waals surface area contributed by atoms with Crippen molar-refractivity contribution in [2.75, 3.05) is 5.32 Å². The molecular weight excluding hydrogens is 315 g/mol. The molecule has 0 saturated heterocycles. The minimum absolute atomic E-state index is 0.00951. The molecule has 0 heterocycles. The molecule has 0 bridgehead atoms. The van der Waals surface area contributed by atoms with Crippen molar-refractivity contribution in [2.45, 2.75) is 20.3 Å². The van der Waals surface area contributed by atoms with E-state index in [-0.39, 0.29) is 15.8 Å². The van der Waals surface area contributed by atoms with Crippen molar-refractivity contribution in [1.82, 2.24) is 0 Å². The number of phenolic OH excluding ortho intramolecular Hbond substituents is 1. The summed E-state index contributed by atoms with van der Waals surface area (Å²) in [5.74, 6) is -0.668. The quantitative estimate of drug-likeness (QED) is 0.440. The molecule has 1 aromatic carbocycles. The second-order valence-electron chi connectivity index (χ2n) is 3.44. The topological polar surface area (TPSA) is 131 Å². The molecule has 0 spiro atoms. The first kappa shape index (κ1) is 17.3. The van der Waals surface area contributed by atoms with E-state index >= 15 is 0 Å². The maximum atomic E-state index is 10.9. The van der Waals surface area contributed by atoms with E-state index in [4.69, 9.17) is 13.5 Å². The van der Waals surface area contributed by atoms with Crippen LogP contribution in [0.1, 0.15) is 20.3 Å². The van der Waals surface area contributed by atoms with Crippen molar-refractivity contribution in [3.8, 4) is 11.8 Å². The number of carbonyl (C=O) groups is 1. The number of carbonyl (C=O) groups excluding carboxylic acids is 1. The summed E-state index contributed by atoms with van der Waals surface area (Å²) in [4.78, 5) is 10.7. The summed E-state index contributed by atoms with van der Waals surface area (Å²) >= 11 is -4.98. The molecule has 19 heavy (non-hydrogen) atoms. The number of nitriles is 1. The van der Waals surface area contributed by atoms with Crippen LogP contribution in [0.25, 0.3) is 0 Å². The summed E-state index contributed by atoms with van der Waals surface area (Å²) in [6, 6.07) is 5.25. The number of anilines is 1. The van der Waals surface area contributed by atoms with Gasteiger partial charge in [-0.3, -0.25) is 0 Å². The summed E-state index contributed by atoms with van der Waals surface area (Å²) in [5.41, 5.74) is -0.00951. The molecule has 0 unspecified atom stereocenters. The summed E-state index contributed by atoms with van der Waals surface area (Å²) < 4.78 is 28.6. The number of rotatable bonds is 2. The predicted octanol–water partition coefficient (Wildman–Crippen LogP) is -0.168. The van der Waals surface area contributed by atoms with Crippen molar-refractivity contribution in [2.24, 2.45) is 0 Å². The van der Waals surface area contributed by atoms with Gasteiger partial charge >= 0.3 is 88.1 Å². The molecule has 0 saturated carbocycles. The Morgan fingerprint density at radius 2 is 2.00 bits per heavy atom. The third-order valence-corrected chi connectivity index (χ3v) is 3.78. The molecule has 1 amide bonds. The average Bonchev–Trinajstić information content (AvgIpc) is 2.30. The first-order chi connectivity index (χ1) is 8.72. The number of aromatic hydroxyl groups is 1. The molecule has 0 aliphatic rings. The van der Waals surface area contributed by atoms with Crippen molar-refractivity contribution >= 4 is 30.1 Å². The Bertz CT molecular complexity index is 532. The van der Waals surface area contributed by atoms with Gasteiger partial charge in [-0.2, -0.15) is 5.26 Å². The van der Waals surface area contributed by atoms with E-state index in [1.807, 2.05) is 13.0 Å². The number of hydrogen-bond acceptors (Lipinski definition) is 4. The molecule has 104 valence electrons. The van der Waals surface area contributed by atoms with Gasteiger partial charge in [0.15, 0.2) is 0 Å². The first-order valence-electron chi connectivity index (χ1n) is 5.26. The molecule has 4 N–H and O–H groups in total. The van der Waals surface area contributed by atoms with Crippen molar-refractivity contribution in [1.29, 1.82) is 5.26 Å². The van der Waals surface area contributed by atoms with Crippen molar-refractivity contribution in [3.05, 3.63) is 18.2 Å². The van der Waals surface area contributed by atoms with Crippen molar-refractivity contribution in [3.63, 3.8) is 0 Å². The van der Waals surface area contributed by atoms with Crippen LogP contribution in [-0.2, 0) is 8.53 Å². The van der Waals surface area contributed by atoms with Crippen LogP contribution < -0.4 is 9.67 Å². The van der Waals surface area contributed by atoms with Gasteiger partial charge in [0.2, 0.25) is 0 Å². The summed E-state index contributed by atoms with van der Waals surface area (Å²) in [7, 11) is 0. The van der Waals surface area contributed by atoms with Crippen LogP contribution in [0, 0.1) is 11.3 Å². The fraction of sp³-hybridized carbons (Fsp3) is 0.273. The van der Waals surface area contributed by atoms with Crippen LogP contribution in [0.4, 0.5) is 5.69 Å². The summed E-state index contributed by atoms with van der Waals surface area (Å²) in [5, 5.41) is 19.2. The minimum atomic E-state index is -4.98. The maximum Gasteiger partial charge on any atom is 0.0618 e. The molecule has 7 nitrogen and oxygen atoms in total. The largest absolute Gasteiger partial charge is 0.198 e. The Kier molecular flexibility index (Phi) is 6.94. The number of nitrogens with one attached hydrogen (secondary N) is 1. The Balaban J connectivity index is 0.000000711. The maximum absolute atomic E-state index is 10.9. The van der Waals surface area contributed by atoms with E-state index in [1.54, 1.807) is 0 Å². The standard InChI is InChI=1S/C8H10AsNO5.C3H5N/c1-5(11)10-7-4-6(9(13,14)15)2-3-8(7)12;1-2-3-4/h2-4,12H,1H3,(H,10,11)(H2,13,14,15);2H2,1H3. The number of benzene rings is 1. The van der Waals surface area contributed by atoms with Crippen LogP contribution in [0.2, 0.25) is 0 Å². The van der Waals surface area contributed by atoms with Crippen LogP contribution in [0.5, 0.6) is 5.75 Å². The molecular formula is C11H15AsN2O5. The average molecular weight is 330 g/mol. The fourth-order valence-electron chi connectivity index (χ4n) is 0.995. The number of nitrogens with zero attached hydrogens (tertiary/aromatic N) is 1. The summed E-state index contributed by atoms with van der Waals surface area (Å²) in [6.45, 7) is 3.05. The minimum Gasteiger partial charge on any atom is -0.198 e. The molecule has 0 aliphatic carbocycles. The zero-order valence-electron chi connectivity index (χ0n) is 10.5. The van der Waals surface area contributed by atoms with Crippen LogP contribution in [0.15, 0.2) is 18.2 Å². The van der Waals surface area contributed by atoms with Crippen LogP contribution in [0.3, 0.4) is 0 Å². The van der Waals surface area contributed by atoms with Gasteiger partial charge in [0, 0.05) is 6.42 Å². The van der Waals surface area contributed by atoms with Gasteiger partial charge in [0.1, 0.15) is 0 Å². The molecule has 0 radical (unpaired) electrons. The molecule has 8 heteroatoms. The molecule has 1 rings (SSSR count). The Morgan fingerprint density at radius 1 is 1.47 bits per heavy atom. The van der Waals surface area contributed by atoms with E-state index in [9.17, 15) is 13.6 Å². The number of phenols is 1. The molecule has 0 fully saturated rings. The van der Waals surface area contributed by atoms with E-state index in [0.717, 1.165) is 18.2 Å². The third kappa shape index (κ3) is 6.67. The fourth-order valence-corrected chi connectivity index (χ4v) is 2.18.